The second-order valence-corrected chi connectivity index (χ2v) is 8.05. The molecule has 0 saturated carbocycles. The summed E-state index contributed by atoms with van der Waals surface area (Å²) in [5.41, 5.74) is 3.16. The summed E-state index contributed by atoms with van der Waals surface area (Å²) < 4.78 is 1.57. The minimum Gasteiger partial charge on any atom is -0.388 e. The van der Waals surface area contributed by atoms with Gasteiger partial charge >= 0.3 is 0 Å². The summed E-state index contributed by atoms with van der Waals surface area (Å²) in [6.07, 6.45) is 2.36. The number of carbonyl (C=O) groups is 2. The Morgan fingerprint density at radius 1 is 0.794 bits per heavy atom. The molecule has 5 nitrogen and oxygen atoms in total. The van der Waals surface area contributed by atoms with Crippen LogP contribution in [0.25, 0.3) is 10.9 Å². The molecule has 5 heteroatoms. The van der Waals surface area contributed by atoms with Crippen LogP contribution in [0.2, 0.25) is 0 Å². The van der Waals surface area contributed by atoms with Gasteiger partial charge in [0.25, 0.3) is 5.91 Å². The van der Waals surface area contributed by atoms with E-state index in [9.17, 15) is 14.7 Å². The topological polar surface area (TPSA) is 72.2 Å². The van der Waals surface area contributed by atoms with Crippen molar-refractivity contribution in [1.82, 2.24) is 9.55 Å². The Labute approximate surface area is 197 Å². The summed E-state index contributed by atoms with van der Waals surface area (Å²) in [5, 5.41) is 11.8. The maximum atomic E-state index is 13.8. The van der Waals surface area contributed by atoms with Crippen molar-refractivity contribution >= 4 is 22.6 Å². The number of benzene rings is 3. The van der Waals surface area contributed by atoms with Gasteiger partial charge in [-0.05, 0) is 29.8 Å². The molecule has 1 atom stereocenters. The van der Waals surface area contributed by atoms with Gasteiger partial charge in [0.1, 0.15) is 0 Å². The third-order valence-corrected chi connectivity index (χ3v) is 5.92. The largest absolute Gasteiger partial charge is 0.388 e. The van der Waals surface area contributed by atoms with E-state index in [0.29, 0.717) is 38.9 Å². The number of ketones is 1. The lowest BCUT2D eigenvalue weighted by Crippen LogP contribution is -2.19. The molecular formula is C29H22N2O3. The molecule has 5 rings (SSSR count). The highest BCUT2D eigenvalue weighted by Crippen LogP contribution is 2.32. The number of pyridine rings is 1. The molecule has 0 fully saturated rings. The van der Waals surface area contributed by atoms with Crippen LogP contribution in [0, 0.1) is 0 Å². The second-order valence-electron chi connectivity index (χ2n) is 8.05. The Kier molecular flexibility index (Phi) is 5.85. The smallest absolute Gasteiger partial charge is 0.262 e. The van der Waals surface area contributed by atoms with Gasteiger partial charge in [0.2, 0.25) is 0 Å². The van der Waals surface area contributed by atoms with Crippen LogP contribution in [0.15, 0.2) is 109 Å². The van der Waals surface area contributed by atoms with E-state index in [-0.39, 0.29) is 18.1 Å². The van der Waals surface area contributed by atoms with Crippen molar-refractivity contribution < 1.29 is 14.7 Å². The number of hydrogen-bond donors (Lipinski definition) is 1. The fourth-order valence-corrected chi connectivity index (χ4v) is 4.29. The Morgan fingerprint density at radius 3 is 2.12 bits per heavy atom. The number of aliphatic hydroxyl groups is 1. The molecule has 0 bridgehead atoms. The standard InChI is InChI=1S/C29H22N2O3/c32-26(22-14-9-17-30-19-22)18-25-27(28(33)20-10-3-1-4-11-20)23-15-7-8-16-24(23)31(25)29(34)21-12-5-2-6-13-21/h1-17,19,26,32H,18H2/t26-/m0/s1. The molecule has 166 valence electrons. The van der Waals surface area contributed by atoms with Gasteiger partial charge in [-0.3, -0.25) is 19.1 Å². The molecule has 2 aromatic heterocycles. The van der Waals surface area contributed by atoms with E-state index >= 15 is 0 Å². The zero-order valence-electron chi connectivity index (χ0n) is 18.3. The number of nitrogens with zero attached hydrogens (tertiary/aromatic N) is 2. The van der Waals surface area contributed by atoms with E-state index in [4.69, 9.17) is 0 Å². The maximum absolute atomic E-state index is 13.8. The summed E-state index contributed by atoms with van der Waals surface area (Å²) in [7, 11) is 0. The fourth-order valence-electron chi connectivity index (χ4n) is 4.29. The number of para-hydroxylation sites is 1. The van der Waals surface area contributed by atoms with E-state index in [1.807, 2.05) is 48.5 Å². The summed E-state index contributed by atoms with van der Waals surface area (Å²) in [6.45, 7) is 0. The monoisotopic (exact) mass is 446 g/mol. The fraction of sp³-hybridized carbons (Fsp3) is 0.0690. The third kappa shape index (κ3) is 3.93. The molecule has 0 aliphatic carbocycles. The minimum absolute atomic E-state index is 0.0762. The van der Waals surface area contributed by atoms with Gasteiger partial charge in [-0.15, -0.1) is 0 Å². The van der Waals surface area contributed by atoms with Crippen LogP contribution < -0.4 is 0 Å². The molecule has 2 heterocycles. The van der Waals surface area contributed by atoms with E-state index < -0.39 is 6.10 Å². The molecule has 3 aromatic carbocycles. The van der Waals surface area contributed by atoms with Crippen LogP contribution in [-0.2, 0) is 6.42 Å². The predicted octanol–water partition coefficient (Wildman–Crippen LogP) is 5.23. The lowest BCUT2D eigenvalue weighted by Gasteiger charge is -2.15. The zero-order valence-corrected chi connectivity index (χ0v) is 18.3. The Hall–Kier alpha value is -4.35. The Bertz CT molecular complexity index is 1370. The number of rotatable bonds is 6. The zero-order chi connectivity index (χ0) is 23.5. The average Bonchev–Trinajstić information content (AvgIpc) is 3.22. The third-order valence-electron chi connectivity index (χ3n) is 5.92. The van der Waals surface area contributed by atoms with E-state index in [2.05, 4.69) is 4.98 Å². The molecule has 34 heavy (non-hydrogen) atoms. The van der Waals surface area contributed by atoms with Crippen LogP contribution in [0.5, 0.6) is 0 Å². The maximum Gasteiger partial charge on any atom is 0.262 e. The van der Waals surface area contributed by atoms with Crippen molar-refractivity contribution in [3.05, 3.63) is 137 Å². The molecule has 0 aliphatic rings. The van der Waals surface area contributed by atoms with E-state index in [0.717, 1.165) is 0 Å². The number of aromatic nitrogens is 2. The molecule has 0 unspecified atom stereocenters. The molecule has 0 saturated heterocycles. The molecule has 5 aromatic rings. The first-order chi connectivity index (χ1) is 16.6. The van der Waals surface area contributed by atoms with E-state index in [1.54, 1.807) is 65.5 Å². The first kappa shape index (κ1) is 21.5. The summed E-state index contributed by atoms with van der Waals surface area (Å²) in [5.74, 6) is -0.443. The molecule has 0 aliphatic heterocycles. The molecule has 1 N–H and O–H groups in total. The van der Waals surface area contributed by atoms with Gasteiger partial charge in [0, 0.05) is 41.0 Å². The van der Waals surface area contributed by atoms with Crippen molar-refractivity contribution in [3.8, 4) is 0 Å². The van der Waals surface area contributed by atoms with Crippen molar-refractivity contribution in [2.75, 3.05) is 0 Å². The van der Waals surface area contributed by atoms with Crippen molar-refractivity contribution in [2.24, 2.45) is 0 Å². The molecular weight excluding hydrogens is 424 g/mol. The van der Waals surface area contributed by atoms with Crippen molar-refractivity contribution in [2.45, 2.75) is 12.5 Å². The summed E-state index contributed by atoms with van der Waals surface area (Å²) in [4.78, 5) is 31.6. The number of fused-ring (bicyclic) bond motifs is 1. The Balaban J connectivity index is 1.75. The molecule has 0 spiro atoms. The predicted molar refractivity (Wildman–Crippen MR) is 131 cm³/mol. The van der Waals surface area contributed by atoms with Crippen LogP contribution in [0.1, 0.15) is 43.6 Å². The van der Waals surface area contributed by atoms with Crippen LogP contribution in [0.3, 0.4) is 0 Å². The normalized spacial score (nSPS) is 11.9. The first-order valence-corrected chi connectivity index (χ1v) is 11.0. The number of carbonyl (C=O) groups excluding carboxylic acids is 2. The highest BCUT2D eigenvalue weighted by molar-refractivity contribution is 6.19. The highest BCUT2D eigenvalue weighted by Gasteiger charge is 2.28. The molecule has 0 amide bonds. The van der Waals surface area contributed by atoms with Gasteiger partial charge < -0.3 is 5.11 Å². The number of hydrogen-bond acceptors (Lipinski definition) is 4. The van der Waals surface area contributed by atoms with Crippen molar-refractivity contribution in [3.63, 3.8) is 0 Å². The second kappa shape index (κ2) is 9.25. The molecule has 0 radical (unpaired) electrons. The average molecular weight is 447 g/mol. The van der Waals surface area contributed by atoms with Gasteiger partial charge in [-0.1, -0.05) is 72.8 Å². The lowest BCUT2D eigenvalue weighted by molar-refractivity contribution is 0.0958. The van der Waals surface area contributed by atoms with Crippen molar-refractivity contribution in [1.29, 1.82) is 0 Å². The van der Waals surface area contributed by atoms with Gasteiger partial charge in [-0.2, -0.15) is 0 Å². The van der Waals surface area contributed by atoms with E-state index in [1.165, 1.54) is 0 Å². The summed E-state index contributed by atoms with van der Waals surface area (Å²) in [6, 6.07) is 28.8. The summed E-state index contributed by atoms with van der Waals surface area (Å²) >= 11 is 0. The highest BCUT2D eigenvalue weighted by atomic mass is 16.3. The van der Waals surface area contributed by atoms with Gasteiger partial charge in [-0.25, -0.2) is 0 Å². The van der Waals surface area contributed by atoms with Crippen LogP contribution in [-0.4, -0.2) is 26.3 Å². The van der Waals surface area contributed by atoms with Crippen LogP contribution >= 0.6 is 0 Å². The first-order valence-electron chi connectivity index (χ1n) is 11.0. The number of aliphatic hydroxyl groups excluding tert-OH is 1. The van der Waals surface area contributed by atoms with Gasteiger partial charge in [0.15, 0.2) is 5.78 Å². The quantitative estimate of drug-likeness (QED) is 0.363. The Morgan fingerprint density at radius 2 is 1.44 bits per heavy atom. The lowest BCUT2D eigenvalue weighted by atomic mass is 9.96. The van der Waals surface area contributed by atoms with Crippen LogP contribution in [0.4, 0.5) is 0 Å². The SMILES string of the molecule is O=C(c1ccccc1)c1c(C[C@H](O)c2cccnc2)n(C(=O)c2ccccc2)c2ccccc12. The van der Waals surface area contributed by atoms with Gasteiger partial charge in [0.05, 0.1) is 17.2 Å². The minimum atomic E-state index is -0.942.